The number of aromatic nitrogens is 7. The van der Waals surface area contributed by atoms with Gasteiger partial charge in [0.1, 0.15) is 23.4 Å². The molecule has 0 spiro atoms. The number of urea groups is 1. The van der Waals surface area contributed by atoms with Crippen LogP contribution in [0.3, 0.4) is 0 Å². The van der Waals surface area contributed by atoms with Gasteiger partial charge in [0.05, 0.1) is 50.1 Å². The van der Waals surface area contributed by atoms with Gasteiger partial charge in [-0.2, -0.15) is 10.2 Å². The molecule has 5 aromatic rings. The van der Waals surface area contributed by atoms with Gasteiger partial charge >= 0.3 is 6.03 Å². The molecule has 1 aromatic carbocycles. The van der Waals surface area contributed by atoms with Crippen molar-refractivity contribution in [3.63, 3.8) is 0 Å². The smallest absolute Gasteiger partial charge is 0.320 e. The number of hydrogen-bond acceptors (Lipinski definition) is 10. The van der Waals surface area contributed by atoms with Gasteiger partial charge in [0.2, 0.25) is 5.95 Å². The van der Waals surface area contributed by atoms with Crippen LogP contribution in [0.5, 0.6) is 5.75 Å². The average Bonchev–Trinajstić information content (AvgIpc) is 3.95. The first-order chi connectivity index (χ1) is 27.5. The molecule has 2 amide bonds. The standard InChI is InChI=1S/C40H53N11O3.CH2O2/c1-27-9-8-10-28(2)50(27)39-45-44-36-16-13-30(26-49(36)39)54-34-15-14-33(31-11-6-7-12-32(31)34)42-38(52)43-37-23-35(40(3,4)5)46-51(37)29-24-41-48(25-29)18-17-47-19-21-53-22-20-47;2-1-3/h6-7,11-13,16,23-28,33-34H,8-10,14-15,17-22H2,1-5H3,(H2,42,43,52);1H,(H,2,3)/t27-,28+,33-,34+;/m0./s1. The molecular weight excluding hydrogens is 727 g/mol. The van der Waals surface area contributed by atoms with E-state index in [1.807, 2.05) is 47.4 Å². The molecule has 2 saturated heterocycles. The van der Waals surface area contributed by atoms with Crippen LogP contribution in [-0.2, 0) is 21.5 Å². The predicted molar refractivity (Wildman–Crippen MR) is 216 cm³/mol. The second-order valence-corrected chi connectivity index (χ2v) is 16.2. The summed E-state index contributed by atoms with van der Waals surface area (Å²) in [4.78, 5) is 26.9. The highest BCUT2D eigenvalue weighted by molar-refractivity contribution is 5.89. The highest BCUT2D eigenvalue weighted by Gasteiger charge is 2.32. The Bertz CT molecular complexity index is 2120. The number of anilines is 2. The molecule has 2 fully saturated rings. The lowest BCUT2D eigenvalue weighted by Gasteiger charge is -2.39. The second kappa shape index (κ2) is 17.3. The maximum Gasteiger partial charge on any atom is 0.320 e. The summed E-state index contributed by atoms with van der Waals surface area (Å²) in [5, 5.41) is 31.9. The zero-order valence-corrected chi connectivity index (χ0v) is 33.5. The van der Waals surface area contributed by atoms with Crippen molar-refractivity contribution >= 4 is 29.9 Å². The van der Waals surface area contributed by atoms with Crippen LogP contribution in [-0.4, -0.2) is 102 Å². The van der Waals surface area contributed by atoms with E-state index < -0.39 is 0 Å². The number of piperidine rings is 1. The molecule has 16 heteroatoms. The molecule has 3 aliphatic rings. The number of rotatable bonds is 9. The Balaban J connectivity index is 0.00000160. The third-order valence-corrected chi connectivity index (χ3v) is 11.1. The molecule has 8 rings (SSSR count). The minimum Gasteiger partial charge on any atom is -0.484 e. The molecule has 57 heavy (non-hydrogen) atoms. The number of carbonyl (C=O) groups is 2. The van der Waals surface area contributed by atoms with E-state index in [1.54, 1.807) is 10.9 Å². The van der Waals surface area contributed by atoms with Gasteiger partial charge in [0, 0.05) is 43.2 Å². The van der Waals surface area contributed by atoms with Gasteiger partial charge in [-0.1, -0.05) is 45.0 Å². The Kier molecular flexibility index (Phi) is 12.1. The van der Waals surface area contributed by atoms with Crippen molar-refractivity contribution in [2.75, 3.05) is 43.1 Å². The van der Waals surface area contributed by atoms with Crippen LogP contribution in [0.25, 0.3) is 11.3 Å². The fourth-order valence-electron chi connectivity index (χ4n) is 8.10. The number of morpholine rings is 1. The number of carboxylic acid groups (broad SMARTS) is 1. The molecule has 6 heterocycles. The summed E-state index contributed by atoms with van der Waals surface area (Å²) in [5.41, 5.74) is 4.38. The zero-order chi connectivity index (χ0) is 40.1. The van der Waals surface area contributed by atoms with Gasteiger partial charge in [-0.05, 0) is 69.2 Å². The maximum absolute atomic E-state index is 13.7. The van der Waals surface area contributed by atoms with E-state index in [1.165, 1.54) is 6.42 Å². The number of pyridine rings is 1. The van der Waals surface area contributed by atoms with E-state index in [0.29, 0.717) is 17.9 Å². The van der Waals surface area contributed by atoms with E-state index >= 15 is 0 Å². The lowest BCUT2D eigenvalue weighted by molar-refractivity contribution is -0.122. The molecular formula is C41H55N11O5. The van der Waals surface area contributed by atoms with Gasteiger partial charge in [-0.3, -0.25) is 24.1 Å². The Morgan fingerprint density at radius 3 is 2.46 bits per heavy atom. The Morgan fingerprint density at radius 1 is 0.982 bits per heavy atom. The van der Waals surface area contributed by atoms with Crippen molar-refractivity contribution < 1.29 is 24.2 Å². The third kappa shape index (κ3) is 9.07. The van der Waals surface area contributed by atoms with Crippen LogP contribution in [0.4, 0.5) is 16.6 Å². The van der Waals surface area contributed by atoms with Crippen LogP contribution in [0, 0.1) is 0 Å². The molecule has 0 radical (unpaired) electrons. The first-order valence-corrected chi connectivity index (χ1v) is 20.0. The molecule has 3 N–H and O–H groups in total. The lowest BCUT2D eigenvalue weighted by atomic mass is 9.85. The molecule has 4 atom stereocenters. The van der Waals surface area contributed by atoms with Crippen LogP contribution in [0.15, 0.2) is 61.1 Å². The number of nitrogens with zero attached hydrogens (tertiary/aromatic N) is 9. The minimum atomic E-state index is -0.290. The van der Waals surface area contributed by atoms with Gasteiger partial charge in [-0.15, -0.1) is 10.2 Å². The van der Waals surface area contributed by atoms with Crippen LogP contribution in [0.2, 0.25) is 0 Å². The summed E-state index contributed by atoms with van der Waals surface area (Å²) < 4.78 is 18.0. The number of ether oxygens (including phenoxy) is 2. The molecule has 0 saturated carbocycles. The topological polar surface area (TPSA) is 169 Å². The van der Waals surface area contributed by atoms with Gasteiger partial charge in [0.25, 0.3) is 6.47 Å². The zero-order valence-electron chi connectivity index (χ0n) is 33.5. The number of nitrogens with one attached hydrogen (secondary N) is 2. The summed E-state index contributed by atoms with van der Waals surface area (Å²) in [5.74, 6) is 2.22. The van der Waals surface area contributed by atoms with Crippen molar-refractivity contribution in [2.24, 2.45) is 0 Å². The molecule has 16 nitrogen and oxygen atoms in total. The number of amides is 2. The normalized spacial score (nSPS) is 21.3. The van der Waals surface area contributed by atoms with Crippen LogP contribution < -0.4 is 20.3 Å². The second-order valence-electron chi connectivity index (χ2n) is 16.2. The van der Waals surface area contributed by atoms with E-state index in [9.17, 15) is 4.79 Å². The summed E-state index contributed by atoms with van der Waals surface area (Å²) >= 11 is 0. The highest BCUT2D eigenvalue weighted by Crippen LogP contribution is 2.39. The lowest BCUT2D eigenvalue weighted by Crippen LogP contribution is -2.44. The quantitative estimate of drug-likeness (QED) is 0.150. The van der Waals surface area contributed by atoms with Crippen molar-refractivity contribution in [1.82, 2.24) is 44.4 Å². The van der Waals surface area contributed by atoms with Crippen LogP contribution in [0.1, 0.15) is 95.7 Å². The summed E-state index contributed by atoms with van der Waals surface area (Å²) in [7, 11) is 0. The van der Waals surface area contributed by atoms with Crippen LogP contribution >= 0.6 is 0 Å². The first kappa shape index (κ1) is 39.7. The Labute approximate surface area is 333 Å². The molecule has 2 aliphatic heterocycles. The molecule has 0 unspecified atom stereocenters. The number of hydrogen-bond donors (Lipinski definition) is 3. The van der Waals surface area contributed by atoms with Crippen molar-refractivity contribution in [3.8, 4) is 11.4 Å². The van der Waals surface area contributed by atoms with Crippen molar-refractivity contribution in [3.05, 3.63) is 77.9 Å². The van der Waals surface area contributed by atoms with Gasteiger partial charge in [0.15, 0.2) is 5.65 Å². The molecule has 0 bridgehead atoms. The molecule has 304 valence electrons. The Morgan fingerprint density at radius 2 is 1.72 bits per heavy atom. The van der Waals surface area contributed by atoms with E-state index in [2.05, 4.69) is 86.9 Å². The summed E-state index contributed by atoms with van der Waals surface area (Å²) in [6.45, 7) is 15.7. The van der Waals surface area contributed by atoms with Gasteiger partial charge < -0.3 is 24.8 Å². The van der Waals surface area contributed by atoms with Crippen molar-refractivity contribution in [2.45, 2.75) is 103 Å². The highest BCUT2D eigenvalue weighted by atomic mass is 16.5. The number of benzene rings is 1. The predicted octanol–water partition coefficient (Wildman–Crippen LogP) is 5.99. The first-order valence-electron chi connectivity index (χ1n) is 20.0. The number of fused-ring (bicyclic) bond motifs is 2. The minimum absolute atomic E-state index is 0.164. The van der Waals surface area contributed by atoms with Gasteiger partial charge in [-0.25, -0.2) is 9.48 Å². The largest absolute Gasteiger partial charge is 0.484 e. The third-order valence-electron chi connectivity index (χ3n) is 11.1. The molecule has 4 aromatic heterocycles. The summed E-state index contributed by atoms with van der Waals surface area (Å²) in [6, 6.07) is 14.5. The van der Waals surface area contributed by atoms with E-state index in [-0.39, 0.29) is 30.1 Å². The van der Waals surface area contributed by atoms with E-state index in [4.69, 9.17) is 24.5 Å². The maximum atomic E-state index is 13.7. The summed E-state index contributed by atoms with van der Waals surface area (Å²) in [6.07, 6.45) is 10.6. The molecule has 1 aliphatic carbocycles. The fraction of sp³-hybridized carbons (Fsp3) is 0.512. The van der Waals surface area contributed by atoms with Crippen molar-refractivity contribution in [1.29, 1.82) is 0 Å². The fourth-order valence-corrected chi connectivity index (χ4v) is 8.10. The monoisotopic (exact) mass is 781 g/mol. The Hall–Kier alpha value is -5.48. The SMILES string of the molecule is C[C@@H]1CCC[C@H](C)N1c1nnc2ccc(O[C@@H]3CC[C@H](NC(=O)Nc4cc(C(C)(C)C)nn4-c4cnn(CCN5CCOCC5)c4)c4ccccc43)cn12.O=CO. The van der Waals surface area contributed by atoms with E-state index in [0.717, 1.165) is 105 Å². The number of carbonyl (C=O) groups excluding carboxylic acids is 1. The average molecular weight is 782 g/mol.